The van der Waals surface area contributed by atoms with Crippen LogP contribution in [0.25, 0.3) is 10.8 Å². The molecule has 8 nitrogen and oxygen atoms in total. The fourth-order valence-electron chi connectivity index (χ4n) is 2.58. The van der Waals surface area contributed by atoms with E-state index < -0.39 is 18.5 Å². The highest BCUT2D eigenvalue weighted by Crippen LogP contribution is 2.22. The fraction of sp³-hybridized carbons (Fsp3) is 0.211. The Bertz CT molecular complexity index is 1160. The molecule has 29 heavy (non-hydrogen) atoms. The number of ether oxygens (including phenoxy) is 1. The molecule has 0 fully saturated rings. The van der Waals surface area contributed by atoms with Crippen LogP contribution >= 0.6 is 23.2 Å². The summed E-state index contributed by atoms with van der Waals surface area (Å²) < 4.78 is 6.29. The Morgan fingerprint density at radius 3 is 2.55 bits per heavy atom. The van der Waals surface area contributed by atoms with E-state index in [1.54, 1.807) is 38.1 Å². The molecule has 0 unspecified atom stereocenters. The molecule has 0 radical (unpaired) electrons. The van der Waals surface area contributed by atoms with Gasteiger partial charge in [0.15, 0.2) is 18.1 Å². The number of esters is 1. The van der Waals surface area contributed by atoms with E-state index in [9.17, 15) is 14.4 Å². The Hall–Kier alpha value is -2.97. The first kappa shape index (κ1) is 20.8. The van der Waals surface area contributed by atoms with Crippen molar-refractivity contribution in [1.29, 1.82) is 0 Å². The third kappa shape index (κ3) is 4.55. The van der Waals surface area contributed by atoms with Gasteiger partial charge in [-0.2, -0.15) is 5.10 Å². The topological polar surface area (TPSA) is 103 Å². The molecule has 0 aliphatic rings. The summed E-state index contributed by atoms with van der Waals surface area (Å²) in [6.45, 7) is 2.96. The zero-order valence-electron chi connectivity index (χ0n) is 15.5. The maximum Gasteiger partial charge on any atom is 0.359 e. The predicted octanol–water partition coefficient (Wildman–Crippen LogP) is 3.47. The van der Waals surface area contributed by atoms with Crippen LogP contribution in [0.1, 0.15) is 30.4 Å². The van der Waals surface area contributed by atoms with Gasteiger partial charge in [0.05, 0.1) is 21.5 Å². The van der Waals surface area contributed by atoms with E-state index >= 15 is 0 Å². The largest absolute Gasteiger partial charge is 0.451 e. The average molecular weight is 435 g/mol. The highest BCUT2D eigenvalue weighted by Gasteiger charge is 2.20. The maximum atomic E-state index is 12.6. The van der Waals surface area contributed by atoms with Crippen molar-refractivity contribution in [3.05, 3.63) is 62.6 Å². The lowest BCUT2D eigenvalue weighted by Gasteiger charge is -2.13. The van der Waals surface area contributed by atoms with Crippen LogP contribution in [0.5, 0.6) is 0 Å². The average Bonchev–Trinajstić information content (AvgIpc) is 2.68. The molecule has 2 aromatic heterocycles. The highest BCUT2D eigenvalue weighted by molar-refractivity contribution is 6.36. The van der Waals surface area contributed by atoms with Crippen molar-refractivity contribution < 1.29 is 14.3 Å². The van der Waals surface area contributed by atoms with E-state index in [4.69, 9.17) is 27.9 Å². The minimum atomic E-state index is -0.832. The van der Waals surface area contributed by atoms with Crippen LogP contribution in [0, 0.1) is 0 Å². The van der Waals surface area contributed by atoms with Gasteiger partial charge in [-0.25, -0.2) is 14.5 Å². The molecule has 0 saturated carbocycles. The SMILES string of the molecule is CC(C)n1nc(C(=O)OCC(=O)Nc2ncc(Cl)cc2Cl)c2ccccc2c1=O. The number of hydrogen-bond acceptors (Lipinski definition) is 6. The van der Waals surface area contributed by atoms with Crippen LogP contribution in [0.15, 0.2) is 41.3 Å². The van der Waals surface area contributed by atoms with Gasteiger partial charge < -0.3 is 10.1 Å². The Balaban J connectivity index is 1.80. The normalized spacial score (nSPS) is 10.9. The molecule has 1 aromatic carbocycles. The van der Waals surface area contributed by atoms with E-state index in [1.807, 2.05) is 0 Å². The number of hydrogen-bond donors (Lipinski definition) is 1. The minimum absolute atomic E-state index is 0.0515. The first-order valence-electron chi connectivity index (χ1n) is 8.57. The van der Waals surface area contributed by atoms with Crippen molar-refractivity contribution in [3.8, 4) is 0 Å². The number of nitrogens with one attached hydrogen (secondary N) is 1. The standard InChI is InChI=1S/C19H16Cl2N4O4/c1-10(2)25-18(27)13-6-4-3-5-12(13)16(24-25)19(28)29-9-15(26)23-17-14(21)7-11(20)8-22-17/h3-8,10H,9H2,1-2H3,(H,22,23,26). The quantitative estimate of drug-likeness (QED) is 0.616. The van der Waals surface area contributed by atoms with Crippen LogP contribution in [0.2, 0.25) is 10.0 Å². The summed E-state index contributed by atoms with van der Waals surface area (Å²) in [5, 5.41) is 7.71. The number of benzene rings is 1. The van der Waals surface area contributed by atoms with Crippen molar-refractivity contribution in [3.63, 3.8) is 0 Å². The zero-order chi connectivity index (χ0) is 21.1. The molecule has 0 spiro atoms. The number of nitrogens with zero attached hydrogens (tertiary/aromatic N) is 3. The Labute approximate surface area is 175 Å². The van der Waals surface area contributed by atoms with Gasteiger partial charge in [-0.05, 0) is 26.0 Å². The molecule has 0 saturated heterocycles. The number of pyridine rings is 1. The second kappa shape index (κ2) is 8.59. The van der Waals surface area contributed by atoms with Crippen LogP contribution < -0.4 is 10.9 Å². The Morgan fingerprint density at radius 2 is 1.90 bits per heavy atom. The van der Waals surface area contributed by atoms with Crippen molar-refractivity contribution >= 4 is 51.7 Å². The molecular formula is C19H16Cl2N4O4. The van der Waals surface area contributed by atoms with Crippen LogP contribution in [-0.2, 0) is 9.53 Å². The molecular weight excluding hydrogens is 419 g/mol. The molecule has 1 N–H and O–H groups in total. The van der Waals surface area contributed by atoms with E-state index in [0.29, 0.717) is 15.8 Å². The second-order valence-corrected chi connectivity index (χ2v) is 7.19. The first-order chi connectivity index (χ1) is 13.8. The minimum Gasteiger partial charge on any atom is -0.451 e. The third-order valence-corrected chi connectivity index (χ3v) is 4.41. The molecule has 0 atom stereocenters. The maximum absolute atomic E-state index is 12.6. The molecule has 1 amide bonds. The van der Waals surface area contributed by atoms with E-state index in [-0.39, 0.29) is 28.1 Å². The smallest absolute Gasteiger partial charge is 0.359 e. The van der Waals surface area contributed by atoms with Gasteiger partial charge in [-0.3, -0.25) is 9.59 Å². The summed E-state index contributed by atoms with van der Waals surface area (Å²) in [7, 11) is 0. The molecule has 150 valence electrons. The van der Waals surface area contributed by atoms with E-state index in [2.05, 4.69) is 15.4 Å². The number of rotatable bonds is 5. The Morgan fingerprint density at radius 1 is 1.21 bits per heavy atom. The number of carbonyl (C=O) groups is 2. The monoisotopic (exact) mass is 434 g/mol. The fourth-order valence-corrected chi connectivity index (χ4v) is 3.01. The van der Waals surface area contributed by atoms with Gasteiger partial charge in [0, 0.05) is 11.6 Å². The summed E-state index contributed by atoms with van der Waals surface area (Å²) in [6, 6.07) is 7.74. The van der Waals surface area contributed by atoms with Gasteiger partial charge in [-0.1, -0.05) is 41.4 Å². The second-order valence-electron chi connectivity index (χ2n) is 6.35. The number of aromatic nitrogens is 3. The third-order valence-electron chi connectivity index (χ3n) is 3.91. The molecule has 3 aromatic rings. The summed E-state index contributed by atoms with van der Waals surface area (Å²) in [6.07, 6.45) is 1.32. The number of amides is 1. The summed E-state index contributed by atoms with van der Waals surface area (Å²) >= 11 is 11.7. The lowest BCUT2D eigenvalue weighted by atomic mass is 10.1. The molecule has 0 aliphatic carbocycles. The van der Waals surface area contributed by atoms with Gasteiger partial charge in [0.25, 0.3) is 11.5 Å². The van der Waals surface area contributed by atoms with Crippen LogP contribution in [0.3, 0.4) is 0 Å². The van der Waals surface area contributed by atoms with Gasteiger partial charge in [-0.15, -0.1) is 0 Å². The van der Waals surface area contributed by atoms with Crippen molar-refractivity contribution in [2.24, 2.45) is 0 Å². The van der Waals surface area contributed by atoms with Crippen molar-refractivity contribution in [2.75, 3.05) is 11.9 Å². The molecule has 0 aliphatic heterocycles. The van der Waals surface area contributed by atoms with E-state index in [1.165, 1.54) is 16.9 Å². The molecule has 3 rings (SSSR count). The van der Waals surface area contributed by atoms with Crippen molar-refractivity contribution in [2.45, 2.75) is 19.9 Å². The van der Waals surface area contributed by atoms with Crippen LogP contribution in [0.4, 0.5) is 5.82 Å². The van der Waals surface area contributed by atoms with Gasteiger partial charge in [0.2, 0.25) is 0 Å². The number of carbonyl (C=O) groups excluding carboxylic acids is 2. The number of fused-ring (bicyclic) bond motifs is 1. The predicted molar refractivity (Wildman–Crippen MR) is 110 cm³/mol. The zero-order valence-corrected chi connectivity index (χ0v) is 17.0. The van der Waals surface area contributed by atoms with E-state index in [0.717, 1.165) is 0 Å². The molecule has 2 heterocycles. The van der Waals surface area contributed by atoms with Crippen molar-refractivity contribution in [1.82, 2.24) is 14.8 Å². The lowest BCUT2D eigenvalue weighted by Crippen LogP contribution is -2.29. The molecule has 0 bridgehead atoms. The van der Waals surface area contributed by atoms with Gasteiger partial charge in [0.1, 0.15) is 0 Å². The highest BCUT2D eigenvalue weighted by atomic mass is 35.5. The molecule has 10 heteroatoms. The summed E-state index contributed by atoms with van der Waals surface area (Å²) in [5.41, 5.74) is -0.363. The van der Waals surface area contributed by atoms with Gasteiger partial charge >= 0.3 is 5.97 Å². The summed E-state index contributed by atoms with van der Waals surface area (Å²) in [4.78, 5) is 41.1. The summed E-state index contributed by atoms with van der Waals surface area (Å²) in [5.74, 6) is -1.38. The number of anilines is 1. The first-order valence-corrected chi connectivity index (χ1v) is 9.33. The number of halogens is 2. The lowest BCUT2D eigenvalue weighted by molar-refractivity contribution is -0.119. The van der Waals surface area contributed by atoms with Crippen LogP contribution in [-0.4, -0.2) is 33.2 Å². The Kier molecular flexibility index (Phi) is 6.14.